The molecule has 0 saturated carbocycles. The standard InChI is InChI=1S/C27H39BrN4O2/c1-9-18(10-2)11-12-31-16-20(15-29)32(25(31)30-28)17-23(33)19-13-21(26(3,4)5)24(34)22(14-19)27(6,7)8/h13-14,16,18,34H,9-12,17H2,1-8H3. The minimum absolute atomic E-state index is 0.0107. The Balaban J connectivity index is 2.53. The number of aryl methyl sites for hydroxylation is 1. The summed E-state index contributed by atoms with van der Waals surface area (Å²) in [5.41, 5.74) is 2.27. The summed E-state index contributed by atoms with van der Waals surface area (Å²) < 4.78 is 7.84. The molecular weight excluding hydrogens is 492 g/mol. The van der Waals surface area contributed by atoms with E-state index in [1.54, 1.807) is 22.9 Å². The van der Waals surface area contributed by atoms with Crippen molar-refractivity contribution in [1.29, 1.82) is 5.26 Å². The molecule has 2 aromatic rings. The van der Waals surface area contributed by atoms with Crippen LogP contribution >= 0.6 is 16.1 Å². The second-order valence-corrected chi connectivity index (χ2v) is 11.5. The second kappa shape index (κ2) is 10.9. The lowest BCUT2D eigenvalue weighted by Gasteiger charge is -2.28. The number of Topliss-reactive ketones (excluding diaryl/α,β-unsaturated/α-hetero) is 1. The van der Waals surface area contributed by atoms with Crippen molar-refractivity contribution >= 4 is 21.9 Å². The van der Waals surface area contributed by atoms with E-state index in [2.05, 4.69) is 40.1 Å². The zero-order valence-corrected chi connectivity index (χ0v) is 23.5. The molecule has 0 aliphatic rings. The summed E-state index contributed by atoms with van der Waals surface area (Å²) in [4.78, 5) is 13.5. The van der Waals surface area contributed by atoms with Crippen molar-refractivity contribution in [2.45, 2.75) is 98.6 Å². The van der Waals surface area contributed by atoms with Crippen LogP contribution in [0.15, 0.2) is 22.3 Å². The van der Waals surface area contributed by atoms with E-state index in [9.17, 15) is 15.2 Å². The van der Waals surface area contributed by atoms with Gasteiger partial charge in [0, 0.05) is 29.4 Å². The number of ketones is 1. The topological polar surface area (TPSA) is 83.3 Å². The average molecular weight is 532 g/mol. The molecule has 0 amide bonds. The first-order valence-electron chi connectivity index (χ1n) is 12.0. The molecule has 1 aromatic carbocycles. The van der Waals surface area contributed by atoms with Crippen LogP contribution < -0.4 is 5.62 Å². The van der Waals surface area contributed by atoms with Crippen LogP contribution in [0, 0.1) is 17.2 Å². The van der Waals surface area contributed by atoms with Gasteiger partial charge in [0.1, 0.15) is 17.5 Å². The van der Waals surface area contributed by atoms with E-state index in [0.29, 0.717) is 22.8 Å². The Kier molecular flexibility index (Phi) is 8.98. The van der Waals surface area contributed by atoms with Crippen LogP contribution in [0.2, 0.25) is 0 Å². The first kappa shape index (κ1) is 27.9. The number of hydrogen-bond donors (Lipinski definition) is 1. The van der Waals surface area contributed by atoms with E-state index in [0.717, 1.165) is 36.9 Å². The van der Waals surface area contributed by atoms with Gasteiger partial charge in [0.15, 0.2) is 5.78 Å². The third-order valence-electron chi connectivity index (χ3n) is 6.54. The van der Waals surface area contributed by atoms with E-state index >= 15 is 0 Å². The fourth-order valence-electron chi connectivity index (χ4n) is 4.23. The lowest BCUT2D eigenvalue weighted by Crippen LogP contribution is -2.29. The molecule has 0 aliphatic carbocycles. The van der Waals surface area contributed by atoms with E-state index in [4.69, 9.17) is 0 Å². The van der Waals surface area contributed by atoms with Crippen molar-refractivity contribution in [3.8, 4) is 11.8 Å². The predicted octanol–water partition coefficient (Wildman–Crippen LogP) is 6.38. The summed E-state index contributed by atoms with van der Waals surface area (Å²) >= 11 is 3.20. The number of benzene rings is 1. The quantitative estimate of drug-likeness (QED) is 0.401. The number of carbonyl (C=O) groups excluding carboxylic acids is 1. The molecule has 34 heavy (non-hydrogen) atoms. The Labute approximate surface area is 212 Å². The maximum Gasteiger partial charge on any atom is 0.218 e. The summed E-state index contributed by atoms with van der Waals surface area (Å²) in [5.74, 6) is 0.716. The van der Waals surface area contributed by atoms with Crippen molar-refractivity contribution < 1.29 is 9.90 Å². The van der Waals surface area contributed by atoms with E-state index in [1.165, 1.54) is 0 Å². The minimum atomic E-state index is -0.333. The number of phenols is 1. The lowest BCUT2D eigenvalue weighted by molar-refractivity contribution is 0.0969. The maximum absolute atomic E-state index is 13.5. The summed E-state index contributed by atoms with van der Waals surface area (Å²) in [6.45, 7) is 17.2. The Morgan fingerprint density at radius 3 is 2.06 bits per heavy atom. The molecule has 0 spiro atoms. The zero-order valence-electron chi connectivity index (χ0n) is 21.9. The van der Waals surface area contributed by atoms with Crippen molar-refractivity contribution in [2.24, 2.45) is 9.94 Å². The van der Waals surface area contributed by atoms with Gasteiger partial charge in [-0.2, -0.15) is 9.28 Å². The molecular formula is C27H39BrN4O2. The largest absolute Gasteiger partial charge is 0.507 e. The Bertz CT molecular complexity index is 1100. The number of aromatic nitrogens is 2. The monoisotopic (exact) mass is 530 g/mol. The van der Waals surface area contributed by atoms with Crippen molar-refractivity contribution in [3.63, 3.8) is 0 Å². The van der Waals surface area contributed by atoms with Gasteiger partial charge in [-0.15, -0.1) is 0 Å². The minimum Gasteiger partial charge on any atom is -0.507 e. The van der Waals surface area contributed by atoms with E-state index in [-0.39, 0.29) is 28.9 Å². The molecule has 2 rings (SSSR count). The van der Waals surface area contributed by atoms with Crippen molar-refractivity contribution in [2.75, 3.05) is 0 Å². The molecule has 0 unspecified atom stereocenters. The summed E-state index contributed by atoms with van der Waals surface area (Å²) in [6.07, 6.45) is 4.97. The Morgan fingerprint density at radius 2 is 1.65 bits per heavy atom. The highest BCUT2D eigenvalue weighted by Crippen LogP contribution is 2.39. The SMILES string of the molecule is CCC(CC)CCn1cc(C#N)n(CC(=O)c2cc(C(C)(C)C)c(O)c(C(C)(C)C)c2)c1=NBr. The number of rotatable bonds is 8. The number of nitrogens with zero attached hydrogens (tertiary/aromatic N) is 4. The second-order valence-electron chi connectivity index (χ2n) is 11.1. The molecule has 6 nitrogen and oxygen atoms in total. The van der Waals surface area contributed by atoms with Crippen LogP contribution in [0.25, 0.3) is 0 Å². The van der Waals surface area contributed by atoms with Gasteiger partial charge < -0.3 is 9.67 Å². The van der Waals surface area contributed by atoms with E-state index < -0.39 is 0 Å². The first-order chi connectivity index (χ1) is 15.8. The van der Waals surface area contributed by atoms with Crippen LogP contribution in [-0.2, 0) is 23.9 Å². The zero-order chi connectivity index (χ0) is 25.8. The van der Waals surface area contributed by atoms with Gasteiger partial charge in [-0.1, -0.05) is 68.2 Å². The van der Waals surface area contributed by atoms with Gasteiger partial charge in [-0.05, 0) is 35.3 Å². The molecule has 0 radical (unpaired) electrons. The maximum atomic E-state index is 13.5. The van der Waals surface area contributed by atoms with Gasteiger partial charge >= 0.3 is 0 Å². The number of nitriles is 1. The van der Waals surface area contributed by atoms with Gasteiger partial charge in [0.25, 0.3) is 0 Å². The molecule has 7 heteroatoms. The molecule has 1 heterocycles. The van der Waals surface area contributed by atoms with Crippen LogP contribution in [0.4, 0.5) is 0 Å². The van der Waals surface area contributed by atoms with Gasteiger partial charge in [0.05, 0.1) is 22.7 Å². The number of aromatic hydroxyl groups is 1. The summed E-state index contributed by atoms with van der Waals surface area (Å²) in [7, 11) is 0. The average Bonchev–Trinajstić information content (AvgIpc) is 3.09. The van der Waals surface area contributed by atoms with Gasteiger partial charge in [0.2, 0.25) is 5.62 Å². The number of hydrogen-bond acceptors (Lipinski definition) is 4. The van der Waals surface area contributed by atoms with Gasteiger partial charge in [-0.3, -0.25) is 9.36 Å². The van der Waals surface area contributed by atoms with Crippen molar-refractivity contribution in [3.05, 3.63) is 46.3 Å². The van der Waals surface area contributed by atoms with Crippen LogP contribution in [0.5, 0.6) is 5.75 Å². The molecule has 0 aliphatic heterocycles. The van der Waals surface area contributed by atoms with Crippen LogP contribution in [0.3, 0.4) is 0 Å². The summed E-state index contributed by atoms with van der Waals surface area (Å²) in [6, 6.07) is 5.79. The molecule has 0 atom stereocenters. The van der Waals surface area contributed by atoms with Crippen LogP contribution in [-0.4, -0.2) is 20.0 Å². The Hall–Kier alpha value is -2.33. The third-order valence-corrected chi connectivity index (χ3v) is 6.86. The highest BCUT2D eigenvalue weighted by molar-refractivity contribution is 9.08. The van der Waals surface area contributed by atoms with Gasteiger partial charge in [-0.25, -0.2) is 0 Å². The molecule has 0 bridgehead atoms. The lowest BCUT2D eigenvalue weighted by atomic mass is 9.78. The number of carbonyl (C=O) groups is 1. The fourth-order valence-corrected chi connectivity index (χ4v) is 4.63. The molecule has 186 valence electrons. The molecule has 1 N–H and O–H groups in total. The predicted molar refractivity (Wildman–Crippen MR) is 140 cm³/mol. The Morgan fingerprint density at radius 1 is 1.12 bits per heavy atom. The first-order valence-corrected chi connectivity index (χ1v) is 12.8. The van der Waals surface area contributed by atoms with Crippen molar-refractivity contribution in [1.82, 2.24) is 9.13 Å². The molecule has 1 aromatic heterocycles. The molecule has 0 saturated heterocycles. The highest BCUT2D eigenvalue weighted by atomic mass is 79.9. The number of phenolic OH excluding ortho intramolecular Hbond substituents is 1. The third kappa shape index (κ3) is 6.21. The fraction of sp³-hybridized carbons (Fsp3) is 0.593. The van der Waals surface area contributed by atoms with E-state index in [1.807, 2.05) is 46.1 Å². The number of halogens is 1. The number of imidazole rings is 1. The smallest absolute Gasteiger partial charge is 0.218 e. The molecule has 0 fully saturated rings. The normalized spacial score (nSPS) is 12.9. The highest BCUT2D eigenvalue weighted by Gasteiger charge is 2.28. The summed E-state index contributed by atoms with van der Waals surface area (Å²) in [5, 5.41) is 20.7. The van der Waals surface area contributed by atoms with Crippen LogP contribution in [0.1, 0.15) is 102 Å².